The lowest BCUT2D eigenvalue weighted by Gasteiger charge is -2.27. The SMILES string of the molecule is CNc1nc(C)nc2c1ncn2[C@@H]1O[C@H](COC(=O)Cc2ccccc2)[C@@H](OC(C)=O)[C@@]1(C)F. The number of fused-ring (bicyclic) bond motifs is 1. The maximum atomic E-state index is 16.1. The molecule has 1 fully saturated rings. The average Bonchev–Trinajstić information content (AvgIpc) is 3.30. The molecule has 180 valence electrons. The number of esters is 2. The van der Waals surface area contributed by atoms with Gasteiger partial charge < -0.3 is 19.5 Å². The zero-order valence-electron chi connectivity index (χ0n) is 19.3. The van der Waals surface area contributed by atoms with E-state index in [0.29, 0.717) is 22.8 Å². The van der Waals surface area contributed by atoms with Gasteiger partial charge in [0.1, 0.15) is 18.5 Å². The molecule has 1 aromatic carbocycles. The summed E-state index contributed by atoms with van der Waals surface area (Å²) in [4.78, 5) is 37.1. The summed E-state index contributed by atoms with van der Waals surface area (Å²) in [5, 5.41) is 2.94. The Kier molecular flexibility index (Phi) is 6.47. The number of alkyl halides is 1. The Labute approximate surface area is 195 Å². The molecule has 1 aliphatic rings. The molecular formula is C23H26FN5O5. The number of rotatable bonds is 7. The summed E-state index contributed by atoms with van der Waals surface area (Å²) in [6.45, 7) is 3.88. The van der Waals surface area contributed by atoms with Crippen LogP contribution in [0.25, 0.3) is 11.2 Å². The number of benzene rings is 1. The van der Waals surface area contributed by atoms with Crippen LogP contribution in [0.15, 0.2) is 36.7 Å². The van der Waals surface area contributed by atoms with Gasteiger partial charge in [0.05, 0.1) is 12.7 Å². The Hall–Kier alpha value is -3.60. The van der Waals surface area contributed by atoms with E-state index in [9.17, 15) is 9.59 Å². The quantitative estimate of drug-likeness (QED) is 0.519. The number of aromatic nitrogens is 4. The van der Waals surface area contributed by atoms with Crippen molar-refractivity contribution in [3.8, 4) is 0 Å². The summed E-state index contributed by atoms with van der Waals surface area (Å²) >= 11 is 0. The summed E-state index contributed by atoms with van der Waals surface area (Å²) in [5.41, 5.74) is -0.595. The molecule has 0 radical (unpaired) electrons. The Morgan fingerprint density at radius 3 is 2.68 bits per heavy atom. The van der Waals surface area contributed by atoms with Gasteiger partial charge in [-0.3, -0.25) is 14.2 Å². The molecule has 10 nitrogen and oxygen atoms in total. The highest BCUT2D eigenvalue weighted by Crippen LogP contribution is 2.44. The van der Waals surface area contributed by atoms with Crippen LogP contribution in [0.2, 0.25) is 0 Å². The highest BCUT2D eigenvalue weighted by atomic mass is 19.1. The van der Waals surface area contributed by atoms with Crippen LogP contribution in [-0.4, -0.2) is 63.0 Å². The molecule has 1 saturated heterocycles. The second kappa shape index (κ2) is 9.34. The Balaban J connectivity index is 1.59. The molecule has 0 aliphatic carbocycles. The molecular weight excluding hydrogens is 445 g/mol. The van der Waals surface area contributed by atoms with Crippen molar-refractivity contribution >= 4 is 28.9 Å². The predicted octanol–water partition coefficient (Wildman–Crippen LogP) is 2.52. The zero-order chi connectivity index (χ0) is 24.5. The number of hydrogen-bond acceptors (Lipinski definition) is 9. The normalized spacial score (nSPS) is 24.2. The third-order valence-electron chi connectivity index (χ3n) is 5.60. The molecule has 0 amide bonds. The smallest absolute Gasteiger partial charge is 0.310 e. The molecule has 4 atom stereocenters. The Morgan fingerprint density at radius 2 is 2.00 bits per heavy atom. The molecule has 3 heterocycles. The minimum Gasteiger partial charge on any atom is -0.463 e. The second-order valence-corrected chi connectivity index (χ2v) is 8.25. The van der Waals surface area contributed by atoms with Gasteiger partial charge in [0.2, 0.25) is 0 Å². The van der Waals surface area contributed by atoms with Crippen LogP contribution >= 0.6 is 0 Å². The van der Waals surface area contributed by atoms with Crippen LogP contribution < -0.4 is 5.32 Å². The third-order valence-corrected chi connectivity index (χ3v) is 5.60. The zero-order valence-corrected chi connectivity index (χ0v) is 19.3. The fourth-order valence-corrected chi connectivity index (χ4v) is 4.07. The summed E-state index contributed by atoms with van der Waals surface area (Å²) in [7, 11) is 1.70. The van der Waals surface area contributed by atoms with Gasteiger partial charge in [-0.1, -0.05) is 30.3 Å². The Bertz CT molecular complexity index is 1200. The van der Waals surface area contributed by atoms with E-state index in [1.165, 1.54) is 24.7 Å². The third kappa shape index (κ3) is 4.56. The number of anilines is 1. The molecule has 1 N–H and O–H groups in total. The summed E-state index contributed by atoms with van der Waals surface area (Å²) < 4.78 is 34.2. The first kappa shape index (κ1) is 23.6. The van der Waals surface area contributed by atoms with Crippen molar-refractivity contribution in [2.45, 2.75) is 51.3 Å². The minimum atomic E-state index is -2.17. The molecule has 0 spiro atoms. The molecule has 0 unspecified atom stereocenters. The van der Waals surface area contributed by atoms with Crippen molar-refractivity contribution in [3.05, 3.63) is 48.0 Å². The lowest BCUT2D eigenvalue weighted by atomic mass is 9.98. The largest absolute Gasteiger partial charge is 0.463 e. The topological polar surface area (TPSA) is 117 Å². The van der Waals surface area contributed by atoms with E-state index in [0.717, 1.165) is 5.56 Å². The van der Waals surface area contributed by atoms with Crippen LogP contribution in [0, 0.1) is 6.92 Å². The highest BCUT2D eigenvalue weighted by molar-refractivity contribution is 5.83. The lowest BCUT2D eigenvalue weighted by molar-refractivity contribution is -0.159. The van der Waals surface area contributed by atoms with E-state index in [1.54, 1.807) is 26.1 Å². The van der Waals surface area contributed by atoms with Gasteiger partial charge in [-0.15, -0.1) is 0 Å². The fraction of sp³-hybridized carbons (Fsp3) is 0.435. The summed E-state index contributed by atoms with van der Waals surface area (Å²) in [5.74, 6) is -0.233. The monoisotopic (exact) mass is 471 g/mol. The van der Waals surface area contributed by atoms with Crippen molar-refractivity contribution in [2.24, 2.45) is 0 Å². The van der Waals surface area contributed by atoms with Crippen LogP contribution in [0.4, 0.5) is 10.2 Å². The van der Waals surface area contributed by atoms with E-state index in [4.69, 9.17) is 14.2 Å². The van der Waals surface area contributed by atoms with Crippen molar-refractivity contribution in [1.29, 1.82) is 0 Å². The van der Waals surface area contributed by atoms with Crippen LogP contribution in [0.1, 0.15) is 31.5 Å². The number of aryl methyl sites for hydroxylation is 1. The van der Waals surface area contributed by atoms with Crippen molar-refractivity contribution in [2.75, 3.05) is 19.0 Å². The number of halogens is 1. The first-order valence-electron chi connectivity index (χ1n) is 10.8. The molecule has 11 heteroatoms. The standard InChI is InChI=1S/C23H26FN5O5/c1-13-27-20(25-4)18-21(28-13)29(12-26-18)22-23(3,24)19(33-14(2)30)16(34-22)11-32-17(31)10-15-8-6-5-7-9-15/h5-9,12,16,19,22H,10-11H2,1-4H3,(H,25,27,28)/t16-,19-,22-,23-/m1/s1. The van der Waals surface area contributed by atoms with Gasteiger partial charge >= 0.3 is 11.9 Å². The number of ether oxygens (including phenoxy) is 3. The molecule has 34 heavy (non-hydrogen) atoms. The molecule has 0 saturated carbocycles. The molecule has 4 rings (SSSR count). The van der Waals surface area contributed by atoms with E-state index < -0.39 is 36.0 Å². The maximum absolute atomic E-state index is 16.1. The van der Waals surface area contributed by atoms with Gasteiger partial charge in [-0.25, -0.2) is 19.3 Å². The van der Waals surface area contributed by atoms with Crippen LogP contribution in [0.3, 0.4) is 0 Å². The number of imidazole rings is 1. The first-order valence-corrected chi connectivity index (χ1v) is 10.8. The number of nitrogens with one attached hydrogen (secondary N) is 1. The highest BCUT2D eigenvalue weighted by Gasteiger charge is 2.58. The molecule has 2 aromatic heterocycles. The van der Waals surface area contributed by atoms with Gasteiger partial charge in [-0.2, -0.15) is 0 Å². The molecule has 1 aliphatic heterocycles. The summed E-state index contributed by atoms with van der Waals surface area (Å²) in [6.07, 6.45) is -2.14. The van der Waals surface area contributed by atoms with Crippen LogP contribution in [-0.2, 0) is 30.2 Å². The van der Waals surface area contributed by atoms with Gasteiger partial charge in [0, 0.05) is 14.0 Å². The maximum Gasteiger partial charge on any atom is 0.310 e. The van der Waals surface area contributed by atoms with E-state index >= 15 is 4.39 Å². The number of carbonyl (C=O) groups excluding carboxylic acids is 2. The average molecular weight is 471 g/mol. The molecule has 3 aromatic rings. The van der Waals surface area contributed by atoms with E-state index in [2.05, 4.69) is 20.3 Å². The molecule has 0 bridgehead atoms. The predicted molar refractivity (Wildman–Crippen MR) is 120 cm³/mol. The van der Waals surface area contributed by atoms with Gasteiger partial charge in [0.15, 0.2) is 35.0 Å². The van der Waals surface area contributed by atoms with E-state index in [1.807, 2.05) is 18.2 Å². The lowest BCUT2D eigenvalue weighted by Crippen LogP contribution is -2.44. The summed E-state index contributed by atoms with van der Waals surface area (Å²) in [6, 6.07) is 9.09. The van der Waals surface area contributed by atoms with Crippen molar-refractivity contribution in [3.63, 3.8) is 0 Å². The number of carbonyl (C=O) groups is 2. The number of nitrogens with zero attached hydrogens (tertiary/aromatic N) is 4. The van der Waals surface area contributed by atoms with Crippen LogP contribution in [0.5, 0.6) is 0 Å². The van der Waals surface area contributed by atoms with Crippen molar-refractivity contribution in [1.82, 2.24) is 19.5 Å². The first-order chi connectivity index (χ1) is 16.2. The van der Waals surface area contributed by atoms with E-state index in [-0.39, 0.29) is 13.0 Å². The van der Waals surface area contributed by atoms with Gasteiger partial charge in [0.25, 0.3) is 0 Å². The van der Waals surface area contributed by atoms with Gasteiger partial charge in [-0.05, 0) is 19.4 Å². The number of hydrogen-bond donors (Lipinski definition) is 1. The minimum absolute atomic E-state index is 0.0528. The van der Waals surface area contributed by atoms with Crippen molar-refractivity contribution < 1.29 is 28.2 Å². The Morgan fingerprint density at radius 1 is 1.26 bits per heavy atom. The second-order valence-electron chi connectivity index (χ2n) is 8.25. The fourth-order valence-electron chi connectivity index (χ4n) is 4.07.